The summed E-state index contributed by atoms with van der Waals surface area (Å²) < 4.78 is 1.38. The largest absolute Gasteiger partial charge is 0.334 e. The monoisotopic (exact) mass is 280 g/mol. The highest BCUT2D eigenvalue weighted by atomic mass is 16.2. The molecule has 21 heavy (non-hydrogen) atoms. The molecule has 0 aliphatic rings. The summed E-state index contributed by atoms with van der Waals surface area (Å²) in [7, 11) is 1.65. The Kier molecular flexibility index (Phi) is 3.38. The molecule has 0 bridgehead atoms. The van der Waals surface area contributed by atoms with E-state index in [1.165, 1.54) is 15.8 Å². The third-order valence-corrected chi connectivity index (χ3v) is 2.94. The van der Waals surface area contributed by atoms with E-state index in [0.717, 1.165) is 5.56 Å². The molecule has 0 radical (unpaired) electrons. The number of hydrogen-bond acceptors (Lipinski definition) is 5. The van der Waals surface area contributed by atoms with Crippen LogP contribution in [0, 0.1) is 0 Å². The van der Waals surface area contributed by atoms with Crippen molar-refractivity contribution in [2.45, 2.75) is 0 Å². The van der Waals surface area contributed by atoms with Crippen molar-refractivity contribution in [3.05, 3.63) is 55.5 Å². The SMILES string of the molecule is CN(C(=O)n1ccnc1)c1ccnc(-c2ccncc2)n1. The minimum atomic E-state index is -0.244. The molecule has 1 amide bonds. The third kappa shape index (κ3) is 2.62. The molecule has 104 valence electrons. The van der Waals surface area contributed by atoms with Gasteiger partial charge in [0.05, 0.1) is 0 Å². The minimum Gasteiger partial charge on any atom is -0.281 e. The molecule has 0 aliphatic carbocycles. The van der Waals surface area contributed by atoms with Gasteiger partial charge in [0.25, 0.3) is 0 Å². The molecular weight excluding hydrogens is 268 g/mol. The Morgan fingerprint density at radius 2 is 1.90 bits per heavy atom. The Morgan fingerprint density at radius 3 is 2.62 bits per heavy atom. The van der Waals surface area contributed by atoms with Gasteiger partial charge < -0.3 is 0 Å². The van der Waals surface area contributed by atoms with E-state index in [1.807, 2.05) is 12.1 Å². The van der Waals surface area contributed by atoms with E-state index in [9.17, 15) is 4.79 Å². The Hall–Kier alpha value is -3.09. The first-order chi connectivity index (χ1) is 10.3. The highest BCUT2D eigenvalue weighted by Gasteiger charge is 2.14. The van der Waals surface area contributed by atoms with Crippen molar-refractivity contribution < 1.29 is 4.79 Å². The fraction of sp³-hybridized carbons (Fsp3) is 0.0714. The van der Waals surface area contributed by atoms with Crippen molar-refractivity contribution >= 4 is 11.8 Å². The van der Waals surface area contributed by atoms with E-state index in [1.54, 1.807) is 44.1 Å². The van der Waals surface area contributed by atoms with Gasteiger partial charge in [-0.25, -0.2) is 19.7 Å². The molecule has 0 aliphatic heterocycles. The van der Waals surface area contributed by atoms with E-state index >= 15 is 0 Å². The van der Waals surface area contributed by atoms with Gasteiger partial charge in [-0.1, -0.05) is 0 Å². The van der Waals surface area contributed by atoms with Crippen LogP contribution in [0.3, 0.4) is 0 Å². The first kappa shape index (κ1) is 12.9. The molecule has 3 aromatic rings. The molecule has 3 rings (SSSR count). The van der Waals surface area contributed by atoms with Crippen LogP contribution in [0.2, 0.25) is 0 Å². The van der Waals surface area contributed by atoms with Crippen LogP contribution in [0.5, 0.6) is 0 Å². The number of amides is 1. The molecule has 3 heterocycles. The zero-order valence-corrected chi connectivity index (χ0v) is 11.3. The molecule has 0 N–H and O–H groups in total. The zero-order chi connectivity index (χ0) is 14.7. The topological polar surface area (TPSA) is 76.8 Å². The molecule has 0 unspecified atom stereocenters. The maximum atomic E-state index is 12.2. The lowest BCUT2D eigenvalue weighted by Gasteiger charge is -2.16. The lowest BCUT2D eigenvalue weighted by molar-refractivity contribution is 0.248. The number of rotatable bonds is 2. The summed E-state index contributed by atoms with van der Waals surface area (Å²) in [4.78, 5) is 30.1. The van der Waals surface area contributed by atoms with Gasteiger partial charge in [0.2, 0.25) is 0 Å². The molecule has 0 atom stereocenters. The van der Waals surface area contributed by atoms with Gasteiger partial charge >= 0.3 is 6.03 Å². The average molecular weight is 280 g/mol. The fourth-order valence-corrected chi connectivity index (χ4v) is 1.82. The van der Waals surface area contributed by atoms with Crippen LogP contribution in [-0.4, -0.2) is 37.6 Å². The normalized spacial score (nSPS) is 10.3. The molecule has 7 heteroatoms. The Labute approximate surface area is 120 Å². The number of anilines is 1. The van der Waals surface area contributed by atoms with Gasteiger partial charge in [-0.15, -0.1) is 0 Å². The first-order valence-electron chi connectivity index (χ1n) is 6.25. The summed E-state index contributed by atoms with van der Waals surface area (Å²) in [6.45, 7) is 0. The summed E-state index contributed by atoms with van der Waals surface area (Å²) in [5.41, 5.74) is 0.843. The van der Waals surface area contributed by atoms with Crippen LogP contribution in [-0.2, 0) is 0 Å². The minimum absolute atomic E-state index is 0.244. The second-order valence-corrected chi connectivity index (χ2v) is 4.29. The van der Waals surface area contributed by atoms with Gasteiger partial charge in [-0.05, 0) is 18.2 Å². The Bertz CT molecular complexity index is 741. The molecule has 0 saturated carbocycles. The van der Waals surface area contributed by atoms with Gasteiger partial charge in [0.1, 0.15) is 12.1 Å². The first-order valence-corrected chi connectivity index (χ1v) is 6.25. The number of nitrogens with zero attached hydrogens (tertiary/aromatic N) is 6. The number of pyridine rings is 1. The lowest BCUT2D eigenvalue weighted by Crippen LogP contribution is -2.30. The standard InChI is InChI=1S/C14H12N6O/c1-19(14(21)20-9-8-16-10-20)12-4-7-17-13(18-12)11-2-5-15-6-3-11/h2-10H,1H3. The maximum Gasteiger partial charge on any atom is 0.334 e. The zero-order valence-electron chi connectivity index (χ0n) is 11.3. The number of hydrogen-bond donors (Lipinski definition) is 0. The van der Waals surface area contributed by atoms with Crippen LogP contribution < -0.4 is 4.90 Å². The molecule has 0 saturated heterocycles. The predicted molar refractivity (Wildman–Crippen MR) is 76.7 cm³/mol. The van der Waals surface area contributed by atoms with Crippen LogP contribution >= 0.6 is 0 Å². The number of aromatic nitrogens is 5. The summed E-state index contributed by atoms with van der Waals surface area (Å²) in [5.74, 6) is 1.05. The molecule has 3 aromatic heterocycles. The van der Waals surface area contributed by atoms with E-state index in [4.69, 9.17) is 0 Å². The van der Waals surface area contributed by atoms with Crippen molar-refractivity contribution in [1.82, 2.24) is 24.5 Å². The second kappa shape index (κ2) is 5.49. The molecule has 0 spiro atoms. The summed E-state index contributed by atoms with van der Waals surface area (Å²) in [6.07, 6.45) is 9.55. The van der Waals surface area contributed by atoms with E-state index in [2.05, 4.69) is 19.9 Å². The highest BCUT2D eigenvalue weighted by Crippen LogP contribution is 2.17. The van der Waals surface area contributed by atoms with Gasteiger partial charge in [0, 0.05) is 43.6 Å². The van der Waals surface area contributed by atoms with Crippen LogP contribution in [0.1, 0.15) is 0 Å². The van der Waals surface area contributed by atoms with Gasteiger partial charge in [0.15, 0.2) is 5.82 Å². The second-order valence-electron chi connectivity index (χ2n) is 4.29. The van der Waals surface area contributed by atoms with Crippen LogP contribution in [0.4, 0.5) is 10.6 Å². The Morgan fingerprint density at radius 1 is 1.10 bits per heavy atom. The fourth-order valence-electron chi connectivity index (χ4n) is 1.82. The molecule has 0 aromatic carbocycles. The van der Waals surface area contributed by atoms with Crippen molar-refractivity contribution in [3.63, 3.8) is 0 Å². The van der Waals surface area contributed by atoms with E-state index < -0.39 is 0 Å². The summed E-state index contributed by atoms with van der Waals surface area (Å²) >= 11 is 0. The number of imidazole rings is 1. The number of carbonyl (C=O) groups is 1. The smallest absolute Gasteiger partial charge is 0.281 e. The van der Waals surface area contributed by atoms with Crippen molar-refractivity contribution in [2.75, 3.05) is 11.9 Å². The lowest BCUT2D eigenvalue weighted by atomic mass is 10.2. The summed E-state index contributed by atoms with van der Waals surface area (Å²) in [6, 6.07) is 5.07. The predicted octanol–water partition coefficient (Wildman–Crippen LogP) is 1.84. The van der Waals surface area contributed by atoms with Crippen molar-refractivity contribution in [3.8, 4) is 11.4 Å². The summed E-state index contributed by atoms with van der Waals surface area (Å²) in [5, 5.41) is 0. The van der Waals surface area contributed by atoms with Crippen molar-refractivity contribution in [1.29, 1.82) is 0 Å². The third-order valence-electron chi connectivity index (χ3n) is 2.94. The highest BCUT2D eigenvalue weighted by molar-refractivity contribution is 5.92. The van der Waals surface area contributed by atoms with Crippen molar-refractivity contribution in [2.24, 2.45) is 0 Å². The molecule has 7 nitrogen and oxygen atoms in total. The quantitative estimate of drug-likeness (QED) is 0.715. The number of carbonyl (C=O) groups excluding carboxylic acids is 1. The van der Waals surface area contributed by atoms with Gasteiger partial charge in [-0.3, -0.25) is 14.5 Å². The maximum absolute atomic E-state index is 12.2. The van der Waals surface area contributed by atoms with Crippen LogP contribution in [0.15, 0.2) is 55.5 Å². The molecule has 0 fully saturated rings. The molecular formula is C14H12N6O. The van der Waals surface area contributed by atoms with E-state index in [0.29, 0.717) is 11.6 Å². The average Bonchev–Trinajstić information content (AvgIpc) is 3.09. The van der Waals surface area contributed by atoms with Gasteiger partial charge in [-0.2, -0.15) is 0 Å². The van der Waals surface area contributed by atoms with Crippen LogP contribution in [0.25, 0.3) is 11.4 Å². The van der Waals surface area contributed by atoms with E-state index in [-0.39, 0.29) is 6.03 Å². The Balaban J connectivity index is 1.91.